The van der Waals surface area contributed by atoms with Gasteiger partial charge in [0, 0.05) is 19.1 Å². The van der Waals surface area contributed by atoms with E-state index in [9.17, 15) is 4.79 Å². The SMILES string of the molecule is O=C(CSc1nnc(-c2ccco2)n1C1CCCCC1)N1CCCCC1. The lowest BCUT2D eigenvalue weighted by molar-refractivity contribution is -0.129. The molecule has 1 amide bonds. The average molecular weight is 375 g/mol. The number of furan rings is 1. The summed E-state index contributed by atoms with van der Waals surface area (Å²) in [6.45, 7) is 1.79. The summed E-state index contributed by atoms with van der Waals surface area (Å²) in [6, 6.07) is 4.20. The van der Waals surface area contributed by atoms with Crippen LogP contribution in [0.15, 0.2) is 28.0 Å². The highest BCUT2D eigenvalue weighted by Crippen LogP contribution is 2.35. The van der Waals surface area contributed by atoms with Crippen LogP contribution in [0, 0.1) is 0 Å². The Bertz CT molecular complexity index is 716. The Morgan fingerprint density at radius 3 is 2.62 bits per heavy atom. The molecule has 3 heterocycles. The molecule has 0 N–H and O–H groups in total. The number of hydrogen-bond donors (Lipinski definition) is 0. The van der Waals surface area contributed by atoms with E-state index in [1.54, 1.807) is 6.26 Å². The Hall–Kier alpha value is -1.76. The van der Waals surface area contributed by atoms with E-state index < -0.39 is 0 Å². The molecule has 2 aromatic heterocycles. The molecule has 0 atom stereocenters. The molecular weight excluding hydrogens is 348 g/mol. The molecule has 1 saturated carbocycles. The number of likely N-dealkylation sites (tertiary alicyclic amines) is 1. The summed E-state index contributed by atoms with van der Waals surface area (Å²) in [5, 5.41) is 9.65. The topological polar surface area (TPSA) is 64.2 Å². The van der Waals surface area contributed by atoms with Gasteiger partial charge in [-0.25, -0.2) is 0 Å². The summed E-state index contributed by atoms with van der Waals surface area (Å²) in [7, 11) is 0. The van der Waals surface area contributed by atoms with Crippen molar-refractivity contribution in [3.63, 3.8) is 0 Å². The van der Waals surface area contributed by atoms with Gasteiger partial charge in [-0.05, 0) is 44.2 Å². The lowest BCUT2D eigenvalue weighted by Gasteiger charge is -2.27. The van der Waals surface area contributed by atoms with Crippen molar-refractivity contribution in [2.45, 2.75) is 62.6 Å². The fourth-order valence-electron chi connectivity index (χ4n) is 3.98. The Morgan fingerprint density at radius 2 is 1.88 bits per heavy atom. The molecule has 140 valence electrons. The van der Waals surface area contributed by atoms with Crippen molar-refractivity contribution >= 4 is 17.7 Å². The van der Waals surface area contributed by atoms with Crippen LogP contribution >= 0.6 is 11.8 Å². The molecule has 1 aliphatic heterocycles. The molecule has 0 unspecified atom stereocenters. The van der Waals surface area contributed by atoms with Gasteiger partial charge < -0.3 is 9.32 Å². The van der Waals surface area contributed by atoms with Gasteiger partial charge in [0.2, 0.25) is 11.7 Å². The Morgan fingerprint density at radius 1 is 1.12 bits per heavy atom. The fraction of sp³-hybridized carbons (Fsp3) is 0.632. The molecule has 1 aliphatic carbocycles. The van der Waals surface area contributed by atoms with E-state index in [1.807, 2.05) is 17.0 Å². The van der Waals surface area contributed by atoms with E-state index in [4.69, 9.17) is 4.42 Å². The molecule has 4 rings (SSSR count). The minimum absolute atomic E-state index is 0.215. The molecule has 7 heteroatoms. The number of thioether (sulfide) groups is 1. The standard InChI is InChI=1S/C19H26N4O2S/c24-17(22-11-5-2-6-12-22)14-26-19-21-20-18(16-10-7-13-25-16)23(19)15-8-3-1-4-9-15/h7,10,13,15H,1-6,8-9,11-12,14H2. The van der Waals surface area contributed by atoms with Gasteiger partial charge in [0.1, 0.15) is 0 Å². The lowest BCUT2D eigenvalue weighted by Crippen LogP contribution is -2.36. The minimum Gasteiger partial charge on any atom is -0.461 e. The minimum atomic E-state index is 0.215. The van der Waals surface area contributed by atoms with Crippen molar-refractivity contribution < 1.29 is 9.21 Å². The van der Waals surface area contributed by atoms with Gasteiger partial charge in [-0.15, -0.1) is 10.2 Å². The predicted octanol–water partition coefficient (Wildman–Crippen LogP) is 4.15. The van der Waals surface area contributed by atoms with Crippen molar-refractivity contribution in [2.24, 2.45) is 0 Å². The number of amides is 1. The van der Waals surface area contributed by atoms with Gasteiger partial charge in [0.15, 0.2) is 10.9 Å². The van der Waals surface area contributed by atoms with Crippen LogP contribution in [0.1, 0.15) is 57.4 Å². The molecule has 26 heavy (non-hydrogen) atoms. The van der Waals surface area contributed by atoms with Crippen LogP contribution in [0.25, 0.3) is 11.6 Å². The maximum Gasteiger partial charge on any atom is 0.233 e. The number of carbonyl (C=O) groups excluding carboxylic acids is 1. The van der Waals surface area contributed by atoms with Crippen LogP contribution in [0.4, 0.5) is 0 Å². The normalized spacial score (nSPS) is 19.0. The molecule has 2 fully saturated rings. The van der Waals surface area contributed by atoms with Crippen LogP contribution in [0.3, 0.4) is 0 Å². The molecule has 1 saturated heterocycles. The number of piperidine rings is 1. The van der Waals surface area contributed by atoms with Crippen molar-refractivity contribution in [1.29, 1.82) is 0 Å². The molecular formula is C19H26N4O2S. The third-order valence-electron chi connectivity index (χ3n) is 5.38. The first-order chi connectivity index (χ1) is 12.8. The van der Waals surface area contributed by atoms with E-state index in [-0.39, 0.29) is 5.91 Å². The highest BCUT2D eigenvalue weighted by molar-refractivity contribution is 7.99. The van der Waals surface area contributed by atoms with Crippen molar-refractivity contribution in [1.82, 2.24) is 19.7 Å². The highest BCUT2D eigenvalue weighted by atomic mass is 32.2. The smallest absolute Gasteiger partial charge is 0.233 e. The van der Waals surface area contributed by atoms with Crippen molar-refractivity contribution in [3.8, 4) is 11.6 Å². The number of rotatable bonds is 5. The van der Waals surface area contributed by atoms with Crippen LogP contribution < -0.4 is 0 Å². The fourth-order valence-corrected chi connectivity index (χ4v) is 4.89. The maximum atomic E-state index is 12.5. The van der Waals surface area contributed by atoms with Crippen molar-refractivity contribution in [3.05, 3.63) is 18.4 Å². The number of nitrogens with zero attached hydrogens (tertiary/aromatic N) is 4. The number of carbonyl (C=O) groups is 1. The Balaban J connectivity index is 1.52. The number of aromatic nitrogens is 3. The molecule has 0 spiro atoms. The Kier molecular flexibility index (Phi) is 5.62. The largest absolute Gasteiger partial charge is 0.461 e. The first kappa shape index (κ1) is 17.6. The molecule has 0 bridgehead atoms. The summed E-state index contributed by atoms with van der Waals surface area (Å²) in [5.41, 5.74) is 0. The van der Waals surface area contributed by atoms with Gasteiger partial charge in [0.25, 0.3) is 0 Å². The third kappa shape index (κ3) is 3.82. The zero-order valence-corrected chi connectivity index (χ0v) is 15.9. The summed E-state index contributed by atoms with van der Waals surface area (Å²) in [5.74, 6) is 2.18. The second-order valence-electron chi connectivity index (χ2n) is 7.18. The summed E-state index contributed by atoms with van der Waals surface area (Å²) < 4.78 is 7.79. The maximum absolute atomic E-state index is 12.5. The summed E-state index contributed by atoms with van der Waals surface area (Å²) in [6.07, 6.45) is 11.2. The van der Waals surface area contributed by atoms with Crippen LogP contribution in [0.5, 0.6) is 0 Å². The summed E-state index contributed by atoms with van der Waals surface area (Å²) in [4.78, 5) is 14.5. The third-order valence-corrected chi connectivity index (χ3v) is 6.31. The van der Waals surface area contributed by atoms with Gasteiger partial charge in [-0.1, -0.05) is 31.0 Å². The average Bonchev–Trinajstić information content (AvgIpc) is 3.37. The molecule has 6 nitrogen and oxygen atoms in total. The van der Waals surface area contributed by atoms with E-state index >= 15 is 0 Å². The zero-order chi connectivity index (χ0) is 17.8. The van der Waals surface area contributed by atoms with E-state index in [1.165, 1.54) is 37.4 Å². The van der Waals surface area contributed by atoms with E-state index in [0.29, 0.717) is 11.8 Å². The van der Waals surface area contributed by atoms with Gasteiger partial charge in [-0.3, -0.25) is 9.36 Å². The van der Waals surface area contributed by atoms with Crippen molar-refractivity contribution in [2.75, 3.05) is 18.8 Å². The van der Waals surface area contributed by atoms with Gasteiger partial charge >= 0.3 is 0 Å². The molecule has 0 radical (unpaired) electrons. The monoisotopic (exact) mass is 374 g/mol. The van der Waals surface area contributed by atoms with Gasteiger partial charge in [-0.2, -0.15) is 0 Å². The van der Waals surface area contributed by atoms with Crippen LogP contribution in [-0.4, -0.2) is 44.4 Å². The first-order valence-corrected chi connectivity index (χ1v) is 10.7. The Labute approximate surface area is 158 Å². The molecule has 0 aromatic carbocycles. The molecule has 2 aromatic rings. The lowest BCUT2D eigenvalue weighted by atomic mass is 9.95. The van der Waals surface area contributed by atoms with E-state index in [2.05, 4.69) is 14.8 Å². The van der Waals surface area contributed by atoms with Crippen LogP contribution in [-0.2, 0) is 4.79 Å². The first-order valence-electron chi connectivity index (χ1n) is 9.72. The predicted molar refractivity (Wildman–Crippen MR) is 101 cm³/mol. The zero-order valence-electron chi connectivity index (χ0n) is 15.1. The highest BCUT2D eigenvalue weighted by Gasteiger charge is 2.26. The second-order valence-corrected chi connectivity index (χ2v) is 8.12. The number of hydrogen-bond acceptors (Lipinski definition) is 5. The molecule has 2 aliphatic rings. The van der Waals surface area contributed by atoms with E-state index in [0.717, 1.165) is 55.5 Å². The van der Waals surface area contributed by atoms with Gasteiger partial charge in [0.05, 0.1) is 12.0 Å². The second kappa shape index (κ2) is 8.29. The van der Waals surface area contributed by atoms with Crippen LogP contribution in [0.2, 0.25) is 0 Å². The quantitative estimate of drug-likeness (QED) is 0.736. The summed E-state index contributed by atoms with van der Waals surface area (Å²) >= 11 is 1.52.